The Labute approximate surface area is 207 Å². The van der Waals surface area contributed by atoms with E-state index in [1.165, 1.54) is 0 Å². The predicted molar refractivity (Wildman–Crippen MR) is 134 cm³/mol. The summed E-state index contributed by atoms with van der Waals surface area (Å²) in [5.41, 5.74) is 3.10. The van der Waals surface area contributed by atoms with E-state index < -0.39 is 6.04 Å². The third-order valence-corrected chi connectivity index (χ3v) is 5.84. The minimum absolute atomic E-state index is 0.123. The Hall–Kier alpha value is -4.86. The Morgan fingerprint density at radius 3 is 2.44 bits per heavy atom. The van der Waals surface area contributed by atoms with Crippen molar-refractivity contribution in [2.45, 2.75) is 13.0 Å². The topological polar surface area (TPSA) is 123 Å². The molecule has 36 heavy (non-hydrogen) atoms. The molecule has 0 saturated carbocycles. The molecule has 3 heterocycles. The molecule has 5 rings (SSSR count). The average molecular weight is 485 g/mol. The predicted octanol–water partition coefficient (Wildman–Crippen LogP) is 3.99. The quantitative estimate of drug-likeness (QED) is 0.375. The van der Waals surface area contributed by atoms with Gasteiger partial charge in [-0.2, -0.15) is 4.98 Å². The maximum Gasteiger partial charge on any atom is 0.255 e. The molecule has 10 heteroatoms. The number of carbonyl (C=O) groups is 1. The molecular formula is C26H24N6O4. The monoisotopic (exact) mass is 484 g/mol. The van der Waals surface area contributed by atoms with Crippen LogP contribution in [0.3, 0.4) is 0 Å². The number of methoxy groups -OCH3 is 2. The Bertz CT molecular complexity index is 1430. The number of nitrogens with zero attached hydrogens (tertiary/aromatic N) is 4. The second-order valence-corrected chi connectivity index (χ2v) is 8.16. The van der Waals surface area contributed by atoms with Crippen LogP contribution in [0.5, 0.6) is 17.2 Å². The Morgan fingerprint density at radius 1 is 1.08 bits per heavy atom. The van der Waals surface area contributed by atoms with Crippen molar-refractivity contribution in [3.63, 3.8) is 0 Å². The van der Waals surface area contributed by atoms with E-state index in [2.05, 4.69) is 15.6 Å². The van der Waals surface area contributed by atoms with Crippen molar-refractivity contribution in [3.8, 4) is 28.6 Å². The van der Waals surface area contributed by atoms with Crippen molar-refractivity contribution in [3.05, 3.63) is 83.8 Å². The molecule has 182 valence electrons. The Kier molecular flexibility index (Phi) is 5.99. The minimum Gasteiger partial charge on any atom is -0.508 e. The van der Waals surface area contributed by atoms with Crippen LogP contribution < -0.4 is 20.1 Å². The summed E-state index contributed by atoms with van der Waals surface area (Å²) in [6, 6.07) is 15.0. The van der Waals surface area contributed by atoms with Gasteiger partial charge < -0.3 is 25.2 Å². The zero-order valence-electron chi connectivity index (χ0n) is 19.9. The molecule has 10 nitrogen and oxygen atoms in total. The van der Waals surface area contributed by atoms with E-state index in [4.69, 9.17) is 19.6 Å². The highest BCUT2D eigenvalue weighted by molar-refractivity contribution is 6.06. The Morgan fingerprint density at radius 2 is 1.81 bits per heavy atom. The molecule has 4 aromatic rings. The molecule has 0 spiro atoms. The largest absolute Gasteiger partial charge is 0.508 e. The van der Waals surface area contributed by atoms with E-state index in [-0.39, 0.29) is 11.7 Å². The molecule has 1 aliphatic rings. The highest BCUT2D eigenvalue weighted by Gasteiger charge is 2.34. The highest BCUT2D eigenvalue weighted by atomic mass is 16.5. The van der Waals surface area contributed by atoms with Crippen LogP contribution in [0.1, 0.15) is 18.5 Å². The number of benzene rings is 2. The molecule has 2 aromatic carbocycles. The first-order chi connectivity index (χ1) is 17.5. The van der Waals surface area contributed by atoms with E-state index in [9.17, 15) is 9.90 Å². The van der Waals surface area contributed by atoms with Gasteiger partial charge in [0, 0.05) is 23.5 Å². The van der Waals surface area contributed by atoms with Crippen molar-refractivity contribution in [1.29, 1.82) is 0 Å². The summed E-state index contributed by atoms with van der Waals surface area (Å²) < 4.78 is 12.5. The maximum absolute atomic E-state index is 13.5. The van der Waals surface area contributed by atoms with Crippen LogP contribution in [0.2, 0.25) is 0 Å². The van der Waals surface area contributed by atoms with Gasteiger partial charge in [0.05, 0.1) is 31.7 Å². The number of aromatic hydroxyl groups is 1. The fourth-order valence-electron chi connectivity index (χ4n) is 4.10. The van der Waals surface area contributed by atoms with Gasteiger partial charge in [0.1, 0.15) is 23.3 Å². The van der Waals surface area contributed by atoms with Crippen LogP contribution in [0.15, 0.2) is 78.3 Å². The van der Waals surface area contributed by atoms with E-state index in [1.54, 1.807) is 73.8 Å². The maximum atomic E-state index is 13.5. The number of nitrogens with one attached hydrogen (secondary N) is 2. The number of hydrogen-bond acceptors (Lipinski definition) is 8. The van der Waals surface area contributed by atoms with Crippen LogP contribution >= 0.6 is 0 Å². The number of rotatable bonds is 6. The van der Waals surface area contributed by atoms with Crippen LogP contribution in [-0.2, 0) is 4.79 Å². The van der Waals surface area contributed by atoms with Crippen LogP contribution in [0.25, 0.3) is 11.4 Å². The normalized spacial score (nSPS) is 14.6. The third-order valence-electron chi connectivity index (χ3n) is 5.84. The molecule has 0 saturated heterocycles. The van der Waals surface area contributed by atoms with Gasteiger partial charge in [0.25, 0.3) is 5.91 Å². The lowest BCUT2D eigenvalue weighted by Gasteiger charge is -2.28. The number of fused-ring (bicyclic) bond motifs is 1. The van der Waals surface area contributed by atoms with E-state index >= 15 is 0 Å². The summed E-state index contributed by atoms with van der Waals surface area (Å²) in [4.78, 5) is 22.3. The molecule has 0 fully saturated rings. The molecule has 1 unspecified atom stereocenters. The van der Waals surface area contributed by atoms with Gasteiger partial charge in [-0.25, -0.2) is 4.68 Å². The fraction of sp³-hybridized carbons (Fsp3) is 0.154. The van der Waals surface area contributed by atoms with Gasteiger partial charge in [0.15, 0.2) is 5.82 Å². The number of phenols is 1. The molecule has 0 radical (unpaired) electrons. The molecule has 3 N–H and O–H groups in total. The number of carbonyl (C=O) groups excluding carboxylic acids is 1. The van der Waals surface area contributed by atoms with Gasteiger partial charge in [0.2, 0.25) is 5.95 Å². The second-order valence-electron chi connectivity index (χ2n) is 8.16. The minimum atomic E-state index is -0.604. The fourth-order valence-corrected chi connectivity index (χ4v) is 4.10. The summed E-state index contributed by atoms with van der Waals surface area (Å²) in [7, 11) is 3.15. The smallest absolute Gasteiger partial charge is 0.255 e. The first-order valence-corrected chi connectivity index (χ1v) is 11.1. The van der Waals surface area contributed by atoms with Crippen LogP contribution in [0, 0.1) is 0 Å². The number of pyridine rings is 1. The molecule has 1 amide bonds. The van der Waals surface area contributed by atoms with Crippen molar-refractivity contribution < 1.29 is 19.4 Å². The van der Waals surface area contributed by atoms with Crippen molar-refractivity contribution in [2.24, 2.45) is 0 Å². The van der Waals surface area contributed by atoms with Crippen LogP contribution in [0.4, 0.5) is 11.6 Å². The molecular weight excluding hydrogens is 460 g/mol. The standard InChI is InChI=1S/C26H24N6O4/c1-15-22(25(34)29-18-5-4-10-27-14-18)23(16-6-8-19(33)9-7-16)32-26(28-15)30-24(31-32)17-11-20(35-2)13-21(12-17)36-3/h4-14,23,33H,1-3H3,(H,29,34)(H,28,30,31). The number of ether oxygens (including phenoxy) is 2. The molecule has 1 aliphatic heterocycles. The lowest BCUT2D eigenvalue weighted by atomic mass is 9.95. The van der Waals surface area contributed by atoms with Gasteiger partial charge in [-0.1, -0.05) is 12.1 Å². The zero-order valence-corrected chi connectivity index (χ0v) is 19.9. The summed E-state index contributed by atoms with van der Waals surface area (Å²) in [5, 5.41) is 20.7. The number of anilines is 2. The van der Waals surface area contributed by atoms with Gasteiger partial charge in [-0.05, 0) is 48.9 Å². The molecule has 0 bridgehead atoms. The number of amides is 1. The van der Waals surface area contributed by atoms with Crippen LogP contribution in [-0.4, -0.2) is 45.0 Å². The highest BCUT2D eigenvalue weighted by Crippen LogP contribution is 2.38. The van der Waals surface area contributed by atoms with Gasteiger partial charge in [-0.15, -0.1) is 5.10 Å². The summed E-state index contributed by atoms with van der Waals surface area (Å²) in [5.74, 6) is 1.92. The van der Waals surface area contributed by atoms with Crippen molar-refractivity contribution >= 4 is 17.5 Å². The molecule has 0 aliphatic carbocycles. The number of aromatic nitrogens is 4. The number of hydrogen-bond donors (Lipinski definition) is 3. The van der Waals surface area contributed by atoms with Gasteiger partial charge >= 0.3 is 0 Å². The lowest BCUT2D eigenvalue weighted by molar-refractivity contribution is -0.113. The third kappa shape index (κ3) is 4.31. The molecule has 2 aromatic heterocycles. The summed E-state index contributed by atoms with van der Waals surface area (Å²) >= 11 is 0. The van der Waals surface area contributed by atoms with E-state index in [1.807, 2.05) is 19.1 Å². The van der Waals surface area contributed by atoms with Crippen molar-refractivity contribution in [1.82, 2.24) is 19.7 Å². The Balaban J connectivity index is 1.61. The first-order valence-electron chi connectivity index (χ1n) is 11.1. The summed E-state index contributed by atoms with van der Waals surface area (Å²) in [6.07, 6.45) is 3.22. The SMILES string of the molecule is COc1cc(OC)cc(-c2nc3n(n2)C(c2ccc(O)cc2)C(C(=O)Nc2cccnc2)=C(C)N3)c1. The number of phenolic OH excluding ortho intramolecular Hbond substituents is 1. The number of allylic oxidation sites excluding steroid dienone is 1. The lowest BCUT2D eigenvalue weighted by Crippen LogP contribution is -2.31. The van der Waals surface area contributed by atoms with Gasteiger partial charge in [-0.3, -0.25) is 9.78 Å². The van der Waals surface area contributed by atoms with E-state index in [0.29, 0.717) is 45.8 Å². The second kappa shape index (κ2) is 9.41. The first kappa shape index (κ1) is 22.9. The van der Waals surface area contributed by atoms with E-state index in [0.717, 1.165) is 5.56 Å². The van der Waals surface area contributed by atoms with Crippen molar-refractivity contribution in [2.75, 3.05) is 24.9 Å². The summed E-state index contributed by atoms with van der Waals surface area (Å²) in [6.45, 7) is 1.82. The molecule has 1 atom stereocenters. The zero-order chi connectivity index (χ0) is 25.2. The average Bonchev–Trinajstić information content (AvgIpc) is 3.32.